The van der Waals surface area contributed by atoms with Gasteiger partial charge >= 0.3 is 5.69 Å². The molecule has 9 nitrogen and oxygen atoms in total. The minimum absolute atomic E-state index is 0.148. The van der Waals surface area contributed by atoms with Crippen LogP contribution >= 0.6 is 0 Å². The SMILES string of the molecule is O=C(NCc1n[nH]c(=O)[nH]1)c1nc(N2CCCC2)nc2c1CCCC2. The molecule has 1 saturated heterocycles. The molecule has 2 aromatic rings. The molecule has 0 atom stereocenters. The number of aromatic nitrogens is 5. The van der Waals surface area contributed by atoms with Crippen molar-refractivity contribution in [3.8, 4) is 0 Å². The molecule has 0 aromatic carbocycles. The first-order chi connectivity index (χ1) is 12.2. The van der Waals surface area contributed by atoms with Crippen LogP contribution in [0.2, 0.25) is 0 Å². The predicted molar refractivity (Wildman–Crippen MR) is 90.5 cm³/mol. The van der Waals surface area contributed by atoms with Crippen LogP contribution in [-0.2, 0) is 19.4 Å². The van der Waals surface area contributed by atoms with E-state index in [1.807, 2.05) is 0 Å². The lowest BCUT2D eigenvalue weighted by molar-refractivity contribution is 0.0943. The van der Waals surface area contributed by atoms with Gasteiger partial charge in [0.05, 0.1) is 6.54 Å². The number of carbonyl (C=O) groups is 1. The summed E-state index contributed by atoms with van der Waals surface area (Å²) in [5.74, 6) is 0.808. The summed E-state index contributed by atoms with van der Waals surface area (Å²) >= 11 is 0. The summed E-state index contributed by atoms with van der Waals surface area (Å²) in [5, 5.41) is 8.88. The minimum Gasteiger partial charge on any atom is -0.343 e. The lowest BCUT2D eigenvalue weighted by Gasteiger charge is -2.22. The first kappa shape index (κ1) is 15.8. The molecule has 25 heavy (non-hydrogen) atoms. The first-order valence-corrected chi connectivity index (χ1v) is 8.77. The minimum atomic E-state index is -0.389. The maximum Gasteiger partial charge on any atom is 0.340 e. The number of rotatable bonds is 4. The summed E-state index contributed by atoms with van der Waals surface area (Å²) in [7, 11) is 0. The van der Waals surface area contributed by atoms with E-state index in [9.17, 15) is 9.59 Å². The Morgan fingerprint density at radius 3 is 2.68 bits per heavy atom. The van der Waals surface area contributed by atoms with Gasteiger partial charge in [0.15, 0.2) is 0 Å². The van der Waals surface area contributed by atoms with Crippen LogP contribution in [0.5, 0.6) is 0 Å². The zero-order chi connectivity index (χ0) is 17.2. The zero-order valence-electron chi connectivity index (χ0n) is 14.0. The number of nitrogens with one attached hydrogen (secondary N) is 3. The van der Waals surface area contributed by atoms with Crippen LogP contribution in [-0.4, -0.2) is 44.1 Å². The summed E-state index contributed by atoms with van der Waals surface area (Å²) < 4.78 is 0. The van der Waals surface area contributed by atoms with Gasteiger partial charge in [-0.1, -0.05) is 0 Å². The Morgan fingerprint density at radius 2 is 1.92 bits per heavy atom. The van der Waals surface area contributed by atoms with Crippen molar-refractivity contribution >= 4 is 11.9 Å². The summed E-state index contributed by atoms with van der Waals surface area (Å²) in [4.78, 5) is 37.8. The van der Waals surface area contributed by atoms with E-state index in [-0.39, 0.29) is 18.1 Å². The molecule has 132 valence electrons. The van der Waals surface area contributed by atoms with Crippen LogP contribution in [0.4, 0.5) is 5.95 Å². The number of H-pyrrole nitrogens is 2. The molecule has 3 heterocycles. The molecule has 2 aliphatic rings. The highest BCUT2D eigenvalue weighted by molar-refractivity contribution is 5.94. The number of fused-ring (bicyclic) bond motifs is 1. The summed E-state index contributed by atoms with van der Waals surface area (Å²) in [6.07, 6.45) is 6.14. The van der Waals surface area contributed by atoms with Crippen molar-refractivity contribution in [1.82, 2.24) is 30.5 Å². The largest absolute Gasteiger partial charge is 0.343 e. The number of anilines is 1. The number of aromatic amines is 2. The fraction of sp³-hybridized carbons (Fsp3) is 0.562. The van der Waals surface area contributed by atoms with E-state index in [0.29, 0.717) is 17.5 Å². The Balaban J connectivity index is 1.60. The Kier molecular flexibility index (Phi) is 4.21. The number of carbonyl (C=O) groups excluding carboxylic acids is 1. The van der Waals surface area contributed by atoms with Gasteiger partial charge in [-0.3, -0.25) is 9.78 Å². The molecule has 1 fully saturated rings. The highest BCUT2D eigenvalue weighted by atomic mass is 16.2. The summed E-state index contributed by atoms with van der Waals surface area (Å²) in [5.41, 5.74) is 2.04. The molecule has 1 aliphatic heterocycles. The molecule has 9 heteroatoms. The van der Waals surface area contributed by atoms with E-state index in [1.165, 1.54) is 0 Å². The number of hydrogen-bond acceptors (Lipinski definition) is 6. The maximum atomic E-state index is 12.7. The fourth-order valence-corrected chi connectivity index (χ4v) is 3.46. The second kappa shape index (κ2) is 6.66. The van der Waals surface area contributed by atoms with Gasteiger partial charge in [-0.25, -0.2) is 19.9 Å². The third-order valence-corrected chi connectivity index (χ3v) is 4.74. The van der Waals surface area contributed by atoms with Crippen molar-refractivity contribution in [2.24, 2.45) is 0 Å². The van der Waals surface area contributed by atoms with Gasteiger partial charge in [0, 0.05) is 24.3 Å². The van der Waals surface area contributed by atoms with Gasteiger partial charge in [0.1, 0.15) is 11.5 Å². The Labute approximate surface area is 144 Å². The van der Waals surface area contributed by atoms with Gasteiger partial charge in [-0.2, -0.15) is 5.10 Å². The zero-order valence-corrected chi connectivity index (χ0v) is 14.0. The number of amides is 1. The maximum absolute atomic E-state index is 12.7. The van der Waals surface area contributed by atoms with E-state index in [1.54, 1.807) is 0 Å². The highest BCUT2D eigenvalue weighted by Crippen LogP contribution is 2.26. The van der Waals surface area contributed by atoms with Gasteiger partial charge in [-0.15, -0.1) is 0 Å². The van der Waals surface area contributed by atoms with Crippen LogP contribution in [0.3, 0.4) is 0 Å². The lowest BCUT2D eigenvalue weighted by Crippen LogP contribution is -2.30. The molecule has 1 aliphatic carbocycles. The Hall–Kier alpha value is -2.71. The molecule has 0 saturated carbocycles. The molecule has 1 amide bonds. The van der Waals surface area contributed by atoms with Gasteiger partial charge in [-0.05, 0) is 38.5 Å². The number of aryl methyl sites for hydroxylation is 1. The van der Waals surface area contributed by atoms with E-state index < -0.39 is 0 Å². The van der Waals surface area contributed by atoms with Crippen molar-refractivity contribution in [2.75, 3.05) is 18.0 Å². The van der Waals surface area contributed by atoms with Gasteiger partial charge < -0.3 is 10.2 Å². The molecule has 3 N–H and O–H groups in total. The van der Waals surface area contributed by atoms with Crippen molar-refractivity contribution < 1.29 is 4.79 Å². The van der Waals surface area contributed by atoms with Crippen LogP contribution < -0.4 is 15.9 Å². The van der Waals surface area contributed by atoms with Gasteiger partial charge in [0.2, 0.25) is 5.95 Å². The van der Waals surface area contributed by atoms with Crippen LogP contribution in [0.15, 0.2) is 4.79 Å². The summed E-state index contributed by atoms with van der Waals surface area (Å²) in [6, 6.07) is 0. The van der Waals surface area contributed by atoms with E-state index >= 15 is 0 Å². The monoisotopic (exact) mass is 343 g/mol. The average molecular weight is 343 g/mol. The third-order valence-electron chi connectivity index (χ3n) is 4.74. The Morgan fingerprint density at radius 1 is 1.12 bits per heavy atom. The quantitative estimate of drug-likeness (QED) is 0.734. The number of nitrogens with zero attached hydrogens (tertiary/aromatic N) is 4. The molecule has 0 bridgehead atoms. The molecular formula is C16H21N7O2. The molecular weight excluding hydrogens is 322 g/mol. The van der Waals surface area contributed by atoms with Crippen LogP contribution in [0.25, 0.3) is 0 Å². The summed E-state index contributed by atoms with van der Waals surface area (Å²) in [6.45, 7) is 2.03. The lowest BCUT2D eigenvalue weighted by atomic mass is 9.94. The molecule has 2 aromatic heterocycles. The van der Waals surface area contributed by atoms with Crippen LogP contribution in [0.1, 0.15) is 53.3 Å². The smallest absolute Gasteiger partial charge is 0.340 e. The van der Waals surface area contributed by atoms with Crippen molar-refractivity contribution in [1.29, 1.82) is 0 Å². The average Bonchev–Trinajstić information content (AvgIpc) is 3.30. The normalized spacial score (nSPS) is 16.7. The van der Waals surface area contributed by atoms with Crippen molar-refractivity contribution in [3.63, 3.8) is 0 Å². The fourth-order valence-electron chi connectivity index (χ4n) is 3.46. The second-order valence-electron chi connectivity index (χ2n) is 6.51. The van der Waals surface area contributed by atoms with Crippen molar-refractivity contribution in [2.45, 2.75) is 45.1 Å². The number of hydrogen-bond donors (Lipinski definition) is 3. The van der Waals surface area contributed by atoms with E-state index in [4.69, 9.17) is 4.98 Å². The topological polar surface area (TPSA) is 120 Å². The van der Waals surface area contributed by atoms with Crippen LogP contribution in [0, 0.1) is 0 Å². The van der Waals surface area contributed by atoms with Crippen molar-refractivity contribution in [3.05, 3.63) is 33.3 Å². The molecule has 0 radical (unpaired) electrons. The molecule has 0 spiro atoms. The predicted octanol–water partition coefficient (Wildman–Crippen LogP) is 0.297. The molecule has 0 unspecified atom stereocenters. The second-order valence-corrected chi connectivity index (χ2v) is 6.51. The van der Waals surface area contributed by atoms with Gasteiger partial charge in [0.25, 0.3) is 5.91 Å². The Bertz CT molecular complexity index is 835. The first-order valence-electron chi connectivity index (χ1n) is 8.77. The van der Waals surface area contributed by atoms with E-state index in [2.05, 4.69) is 30.4 Å². The van der Waals surface area contributed by atoms with E-state index in [0.717, 1.165) is 62.9 Å². The third kappa shape index (κ3) is 3.26. The standard InChI is InChI=1S/C16H21N7O2/c24-14(17-9-12-19-16(25)22-21-12)13-10-5-1-2-6-11(10)18-15(20-13)23-7-3-4-8-23/h1-9H2,(H,17,24)(H2,19,21,22,25). The highest BCUT2D eigenvalue weighted by Gasteiger charge is 2.25. The molecule has 4 rings (SSSR count).